The Morgan fingerprint density at radius 3 is 2.79 bits per heavy atom. The normalized spacial score (nSPS) is 17.6. The van der Waals surface area contributed by atoms with Gasteiger partial charge in [0.05, 0.1) is 6.54 Å². The van der Waals surface area contributed by atoms with Gasteiger partial charge in [-0.05, 0) is 36.6 Å². The number of pyridine rings is 1. The third-order valence-corrected chi connectivity index (χ3v) is 4.31. The summed E-state index contributed by atoms with van der Waals surface area (Å²) in [5.41, 5.74) is 1.13. The molecule has 1 aromatic heterocycles. The lowest BCUT2D eigenvalue weighted by Gasteiger charge is -2.16. The van der Waals surface area contributed by atoms with Crippen molar-refractivity contribution in [3.8, 4) is 0 Å². The largest absolute Gasteiger partial charge is 0.370 e. The van der Waals surface area contributed by atoms with Crippen molar-refractivity contribution < 1.29 is 4.79 Å². The van der Waals surface area contributed by atoms with E-state index in [1.54, 1.807) is 6.20 Å². The van der Waals surface area contributed by atoms with E-state index in [1.165, 1.54) is 0 Å². The number of likely N-dealkylation sites (tertiary alicyclic amines) is 1. The lowest BCUT2D eigenvalue weighted by atomic mass is 10.1. The van der Waals surface area contributed by atoms with Crippen molar-refractivity contribution in [1.82, 2.24) is 15.2 Å². The van der Waals surface area contributed by atoms with Gasteiger partial charge in [0.15, 0.2) is 0 Å². The Hall–Kier alpha value is -2.40. The zero-order chi connectivity index (χ0) is 16.6. The van der Waals surface area contributed by atoms with Crippen LogP contribution in [0.5, 0.6) is 0 Å². The molecule has 2 heterocycles. The first kappa shape index (κ1) is 16.5. The molecule has 2 N–H and O–H groups in total. The number of hydrogen-bond donors (Lipinski definition) is 2. The molecule has 1 amide bonds. The highest BCUT2D eigenvalue weighted by atomic mass is 16.2. The highest BCUT2D eigenvalue weighted by Gasteiger charge is 2.23. The molecule has 0 bridgehead atoms. The van der Waals surface area contributed by atoms with Gasteiger partial charge >= 0.3 is 0 Å². The number of aromatic nitrogens is 1. The number of carbonyl (C=O) groups is 1. The quantitative estimate of drug-likeness (QED) is 0.819. The Bertz CT molecular complexity index is 632. The third-order valence-electron chi connectivity index (χ3n) is 4.31. The van der Waals surface area contributed by atoms with E-state index in [0.717, 1.165) is 37.4 Å². The van der Waals surface area contributed by atoms with Crippen LogP contribution >= 0.6 is 0 Å². The summed E-state index contributed by atoms with van der Waals surface area (Å²) in [5, 5.41) is 6.36. The van der Waals surface area contributed by atoms with Crippen LogP contribution in [-0.2, 0) is 11.3 Å². The molecule has 3 rings (SSSR count). The van der Waals surface area contributed by atoms with Gasteiger partial charge in [0.1, 0.15) is 5.82 Å². The van der Waals surface area contributed by atoms with Gasteiger partial charge in [-0.15, -0.1) is 0 Å². The maximum absolute atomic E-state index is 12.1. The maximum atomic E-state index is 12.1. The van der Waals surface area contributed by atoms with Crippen LogP contribution in [0.15, 0.2) is 54.7 Å². The molecule has 1 aliphatic rings. The summed E-state index contributed by atoms with van der Waals surface area (Å²) in [5.74, 6) is 1.57. The van der Waals surface area contributed by atoms with Gasteiger partial charge in [0.2, 0.25) is 5.91 Å². The molecule has 5 nitrogen and oxygen atoms in total. The molecule has 1 aromatic carbocycles. The number of nitrogens with zero attached hydrogens (tertiary/aromatic N) is 2. The lowest BCUT2D eigenvalue weighted by Crippen LogP contribution is -2.36. The Labute approximate surface area is 143 Å². The smallest absolute Gasteiger partial charge is 0.234 e. The zero-order valence-corrected chi connectivity index (χ0v) is 13.8. The monoisotopic (exact) mass is 324 g/mol. The predicted octanol–water partition coefficient (Wildman–Crippen LogP) is 2.13. The molecule has 0 saturated carbocycles. The number of hydrogen-bond acceptors (Lipinski definition) is 4. The van der Waals surface area contributed by atoms with Gasteiger partial charge in [-0.2, -0.15) is 0 Å². The van der Waals surface area contributed by atoms with E-state index < -0.39 is 0 Å². The molecule has 2 aromatic rings. The molecule has 24 heavy (non-hydrogen) atoms. The fourth-order valence-corrected chi connectivity index (χ4v) is 2.99. The first-order valence-electron chi connectivity index (χ1n) is 8.47. The van der Waals surface area contributed by atoms with Gasteiger partial charge in [0, 0.05) is 25.8 Å². The molecule has 1 aliphatic heterocycles. The Morgan fingerprint density at radius 2 is 2.00 bits per heavy atom. The molecule has 5 heteroatoms. The molecule has 1 saturated heterocycles. The van der Waals surface area contributed by atoms with Crippen LogP contribution in [0.2, 0.25) is 0 Å². The average Bonchev–Trinajstić information content (AvgIpc) is 3.07. The summed E-state index contributed by atoms with van der Waals surface area (Å²) in [6.07, 6.45) is 2.91. The third kappa shape index (κ3) is 5.06. The molecule has 1 unspecified atom stereocenters. The highest BCUT2D eigenvalue weighted by Crippen LogP contribution is 2.16. The summed E-state index contributed by atoms with van der Waals surface area (Å²) in [7, 11) is 0. The fraction of sp³-hybridized carbons (Fsp3) is 0.368. The minimum absolute atomic E-state index is 0.0946. The molecule has 0 radical (unpaired) electrons. The highest BCUT2D eigenvalue weighted by molar-refractivity contribution is 5.78. The predicted molar refractivity (Wildman–Crippen MR) is 95.6 cm³/mol. The summed E-state index contributed by atoms with van der Waals surface area (Å²) < 4.78 is 0. The van der Waals surface area contributed by atoms with Crippen LogP contribution in [0, 0.1) is 5.92 Å². The van der Waals surface area contributed by atoms with Crippen LogP contribution in [-0.4, -0.2) is 42.0 Å². The maximum Gasteiger partial charge on any atom is 0.234 e. The van der Waals surface area contributed by atoms with Crippen molar-refractivity contribution in [1.29, 1.82) is 0 Å². The van der Waals surface area contributed by atoms with Crippen LogP contribution in [0.3, 0.4) is 0 Å². The molecule has 0 spiro atoms. The topological polar surface area (TPSA) is 57.3 Å². The molecular formula is C19H24N4O. The van der Waals surface area contributed by atoms with Crippen molar-refractivity contribution in [2.24, 2.45) is 5.92 Å². The van der Waals surface area contributed by atoms with Crippen LogP contribution in [0.25, 0.3) is 0 Å². The number of carbonyl (C=O) groups excluding carboxylic acids is 1. The lowest BCUT2D eigenvalue weighted by molar-refractivity contribution is -0.122. The van der Waals surface area contributed by atoms with Crippen molar-refractivity contribution in [2.75, 3.05) is 31.5 Å². The molecule has 0 aliphatic carbocycles. The van der Waals surface area contributed by atoms with Crippen molar-refractivity contribution in [2.45, 2.75) is 13.0 Å². The molecule has 1 atom stereocenters. The minimum atomic E-state index is 0.0946. The number of nitrogens with one attached hydrogen (secondary N) is 2. The van der Waals surface area contributed by atoms with Crippen LogP contribution in [0.1, 0.15) is 12.0 Å². The zero-order valence-electron chi connectivity index (χ0n) is 13.8. The molecule has 1 fully saturated rings. The Morgan fingerprint density at radius 1 is 1.17 bits per heavy atom. The van der Waals surface area contributed by atoms with E-state index in [9.17, 15) is 4.79 Å². The second-order valence-corrected chi connectivity index (χ2v) is 6.25. The Kier molecular flexibility index (Phi) is 5.80. The van der Waals surface area contributed by atoms with Crippen molar-refractivity contribution in [3.05, 3.63) is 60.3 Å². The molecular weight excluding hydrogens is 300 g/mol. The summed E-state index contributed by atoms with van der Waals surface area (Å²) in [4.78, 5) is 18.6. The van der Waals surface area contributed by atoms with Crippen LogP contribution < -0.4 is 10.6 Å². The van der Waals surface area contributed by atoms with Gasteiger partial charge in [0.25, 0.3) is 0 Å². The fourth-order valence-electron chi connectivity index (χ4n) is 2.99. The second kappa shape index (κ2) is 8.45. The minimum Gasteiger partial charge on any atom is -0.370 e. The van der Waals surface area contributed by atoms with Gasteiger partial charge in [-0.3, -0.25) is 9.69 Å². The van der Waals surface area contributed by atoms with Crippen molar-refractivity contribution in [3.63, 3.8) is 0 Å². The summed E-state index contributed by atoms with van der Waals surface area (Å²) in [6.45, 7) is 3.91. The van der Waals surface area contributed by atoms with Gasteiger partial charge in [-0.25, -0.2) is 4.98 Å². The van der Waals surface area contributed by atoms with Gasteiger partial charge < -0.3 is 10.6 Å². The van der Waals surface area contributed by atoms with E-state index in [2.05, 4.69) is 20.5 Å². The average molecular weight is 324 g/mol. The van der Waals surface area contributed by atoms with E-state index in [4.69, 9.17) is 0 Å². The second-order valence-electron chi connectivity index (χ2n) is 6.25. The number of rotatable bonds is 7. The first-order chi connectivity index (χ1) is 11.8. The van der Waals surface area contributed by atoms with E-state index in [-0.39, 0.29) is 5.91 Å². The number of amides is 1. The number of anilines is 1. The summed E-state index contributed by atoms with van der Waals surface area (Å²) >= 11 is 0. The number of benzene rings is 1. The SMILES string of the molecule is O=C(CN1CCC(CNc2ccccn2)C1)NCc1ccccc1. The standard InChI is InChI=1S/C19H24N4O/c24-19(22-12-16-6-2-1-3-7-16)15-23-11-9-17(14-23)13-21-18-8-4-5-10-20-18/h1-8,10,17H,9,11-15H2,(H,20,21)(H,22,24). The first-order valence-corrected chi connectivity index (χ1v) is 8.47. The van der Waals surface area contributed by atoms with Crippen molar-refractivity contribution >= 4 is 11.7 Å². The Balaban J connectivity index is 1.35. The van der Waals surface area contributed by atoms with E-state index in [0.29, 0.717) is 19.0 Å². The van der Waals surface area contributed by atoms with E-state index >= 15 is 0 Å². The van der Waals surface area contributed by atoms with Gasteiger partial charge in [-0.1, -0.05) is 36.4 Å². The van der Waals surface area contributed by atoms with E-state index in [1.807, 2.05) is 48.5 Å². The molecule has 126 valence electrons. The summed E-state index contributed by atoms with van der Waals surface area (Å²) in [6, 6.07) is 15.9. The van der Waals surface area contributed by atoms with Crippen LogP contribution in [0.4, 0.5) is 5.82 Å².